The summed E-state index contributed by atoms with van der Waals surface area (Å²) in [6.45, 7) is 0.0301. The molecule has 2 aliphatic rings. The molecule has 0 bridgehead atoms. The number of nitrogens with zero attached hydrogens (tertiary/aromatic N) is 1. The molecule has 2 fully saturated rings. The normalized spacial score (nSPS) is 17.6. The number of carboxylic acids is 1. The Morgan fingerprint density at radius 3 is 2.33 bits per heavy atom. The van der Waals surface area contributed by atoms with E-state index >= 15 is 0 Å². The fourth-order valence-electron chi connectivity index (χ4n) is 2.77. The molecule has 1 aromatic carbocycles. The summed E-state index contributed by atoms with van der Waals surface area (Å²) in [5.74, 6) is -1.21. The molecule has 0 heterocycles. The van der Waals surface area contributed by atoms with E-state index in [0.717, 1.165) is 31.9 Å². The Balaban J connectivity index is 2.04. The number of carboxylic acid groups (broad SMARTS) is 1. The van der Waals surface area contributed by atoms with E-state index in [2.05, 4.69) is 0 Å². The van der Waals surface area contributed by atoms with Gasteiger partial charge in [0.25, 0.3) is 0 Å². The average molecular weight is 372 g/mol. The Labute approximate surface area is 145 Å². The monoisotopic (exact) mass is 371 g/mol. The number of carbonyl (C=O) groups is 2. The van der Waals surface area contributed by atoms with Crippen molar-refractivity contribution in [3.8, 4) is 0 Å². The number of aromatic carboxylic acids is 1. The van der Waals surface area contributed by atoms with Gasteiger partial charge in [-0.2, -0.15) is 0 Å². The zero-order valence-corrected chi connectivity index (χ0v) is 14.7. The van der Waals surface area contributed by atoms with Crippen LogP contribution in [0.2, 0.25) is 5.02 Å². The quantitative estimate of drug-likeness (QED) is 0.828. The van der Waals surface area contributed by atoms with Crippen LogP contribution < -0.4 is 0 Å². The van der Waals surface area contributed by atoms with Crippen LogP contribution in [0.5, 0.6) is 0 Å². The van der Waals surface area contributed by atoms with Crippen LogP contribution in [0.15, 0.2) is 17.0 Å². The standard InChI is InChI=1S/C16H18ClNO5S/c1-24(22,23)13-7-6-11(16(20)21)14(17)12(13)8-18(10-4-5-10)15(19)9-2-3-9/h6-7,9-10H,2-5,8H2,1H3,(H,20,21). The van der Waals surface area contributed by atoms with Crippen molar-refractivity contribution < 1.29 is 23.1 Å². The third kappa shape index (κ3) is 3.42. The number of hydrogen-bond acceptors (Lipinski definition) is 4. The van der Waals surface area contributed by atoms with Gasteiger partial charge in [0, 0.05) is 30.3 Å². The van der Waals surface area contributed by atoms with Crippen LogP contribution in [0.3, 0.4) is 0 Å². The minimum Gasteiger partial charge on any atom is -0.478 e. The van der Waals surface area contributed by atoms with Crippen LogP contribution in [0.1, 0.15) is 41.6 Å². The van der Waals surface area contributed by atoms with Gasteiger partial charge in [0.1, 0.15) is 0 Å². The number of carbonyl (C=O) groups excluding carboxylic acids is 1. The summed E-state index contributed by atoms with van der Waals surface area (Å²) in [7, 11) is -3.60. The minimum absolute atomic E-state index is 0.00807. The molecule has 6 nitrogen and oxygen atoms in total. The molecule has 0 aromatic heterocycles. The van der Waals surface area contributed by atoms with Gasteiger partial charge in [-0.3, -0.25) is 4.79 Å². The fourth-order valence-corrected chi connectivity index (χ4v) is 4.06. The van der Waals surface area contributed by atoms with Crippen molar-refractivity contribution >= 4 is 33.3 Å². The molecule has 1 N–H and O–H groups in total. The van der Waals surface area contributed by atoms with Gasteiger partial charge in [-0.05, 0) is 37.8 Å². The maximum absolute atomic E-state index is 12.5. The lowest BCUT2D eigenvalue weighted by molar-refractivity contribution is -0.133. The molecular formula is C16H18ClNO5S. The summed E-state index contributed by atoms with van der Waals surface area (Å²) >= 11 is 6.20. The van der Waals surface area contributed by atoms with Crippen LogP contribution in [-0.2, 0) is 21.2 Å². The zero-order valence-electron chi connectivity index (χ0n) is 13.2. The molecule has 3 rings (SSSR count). The Kier molecular flexibility index (Phi) is 4.34. The maximum Gasteiger partial charge on any atom is 0.337 e. The van der Waals surface area contributed by atoms with Crippen LogP contribution >= 0.6 is 11.6 Å². The van der Waals surface area contributed by atoms with E-state index in [1.807, 2.05) is 0 Å². The second-order valence-corrected chi connectivity index (χ2v) is 8.81. The van der Waals surface area contributed by atoms with Gasteiger partial charge in [0.05, 0.1) is 15.5 Å². The molecule has 130 valence electrons. The number of benzene rings is 1. The van der Waals surface area contributed by atoms with E-state index < -0.39 is 15.8 Å². The van der Waals surface area contributed by atoms with Crippen LogP contribution in [0, 0.1) is 5.92 Å². The molecule has 0 radical (unpaired) electrons. The van der Waals surface area contributed by atoms with Gasteiger partial charge in [-0.1, -0.05) is 11.6 Å². The topological polar surface area (TPSA) is 91.8 Å². The molecule has 0 unspecified atom stereocenters. The van der Waals surface area contributed by atoms with E-state index in [-0.39, 0.29) is 45.5 Å². The summed E-state index contributed by atoms with van der Waals surface area (Å²) < 4.78 is 24.1. The molecule has 2 aliphatic carbocycles. The first-order valence-electron chi connectivity index (χ1n) is 7.75. The molecule has 0 saturated heterocycles. The van der Waals surface area contributed by atoms with Gasteiger partial charge in [0.2, 0.25) is 5.91 Å². The third-order valence-corrected chi connectivity index (χ3v) is 5.97. The second-order valence-electron chi connectivity index (χ2n) is 6.45. The molecule has 8 heteroatoms. The van der Waals surface area contributed by atoms with Gasteiger partial charge in [-0.15, -0.1) is 0 Å². The highest BCUT2D eigenvalue weighted by Gasteiger charge is 2.40. The second kappa shape index (κ2) is 6.04. The van der Waals surface area contributed by atoms with Crippen molar-refractivity contribution in [1.29, 1.82) is 0 Å². The predicted octanol–water partition coefficient (Wildman–Crippen LogP) is 2.34. The first-order valence-corrected chi connectivity index (χ1v) is 10.0. The fraction of sp³-hybridized carbons (Fsp3) is 0.500. The van der Waals surface area contributed by atoms with Crippen molar-refractivity contribution in [3.05, 3.63) is 28.3 Å². The average Bonchev–Trinajstić information content (AvgIpc) is 3.36. The summed E-state index contributed by atoms with van der Waals surface area (Å²) in [6.07, 6.45) is 4.51. The van der Waals surface area contributed by atoms with Crippen molar-refractivity contribution in [2.45, 2.75) is 43.2 Å². The number of sulfone groups is 1. The van der Waals surface area contributed by atoms with E-state index in [9.17, 15) is 23.1 Å². The van der Waals surface area contributed by atoms with Crippen LogP contribution in [-0.4, -0.2) is 42.6 Å². The predicted molar refractivity (Wildman–Crippen MR) is 87.8 cm³/mol. The maximum atomic E-state index is 12.5. The molecule has 0 aliphatic heterocycles. The van der Waals surface area contributed by atoms with Crippen LogP contribution in [0.25, 0.3) is 0 Å². The highest BCUT2D eigenvalue weighted by molar-refractivity contribution is 7.90. The first kappa shape index (κ1) is 17.2. The summed E-state index contributed by atoms with van der Waals surface area (Å²) in [5.41, 5.74) is 0.0358. The summed E-state index contributed by atoms with van der Waals surface area (Å²) in [5, 5.41) is 9.12. The highest BCUT2D eigenvalue weighted by atomic mass is 35.5. The van der Waals surface area contributed by atoms with Crippen molar-refractivity contribution in [3.63, 3.8) is 0 Å². The molecule has 24 heavy (non-hydrogen) atoms. The Morgan fingerprint density at radius 1 is 1.25 bits per heavy atom. The molecule has 0 atom stereocenters. The molecule has 2 saturated carbocycles. The van der Waals surface area contributed by atoms with Gasteiger partial charge in [-0.25, -0.2) is 13.2 Å². The molecular weight excluding hydrogens is 354 g/mol. The molecule has 1 amide bonds. The van der Waals surface area contributed by atoms with E-state index in [1.165, 1.54) is 12.1 Å². The SMILES string of the molecule is CS(=O)(=O)c1ccc(C(=O)O)c(Cl)c1CN(C(=O)C1CC1)C1CC1. The number of amides is 1. The van der Waals surface area contributed by atoms with Crippen LogP contribution in [0.4, 0.5) is 0 Å². The summed E-state index contributed by atoms with van der Waals surface area (Å²) in [6, 6.07) is 2.54. The number of hydrogen-bond donors (Lipinski definition) is 1. The molecule has 0 spiro atoms. The van der Waals surface area contributed by atoms with Gasteiger partial charge >= 0.3 is 5.97 Å². The van der Waals surface area contributed by atoms with Gasteiger partial charge < -0.3 is 10.0 Å². The van der Waals surface area contributed by atoms with Crippen molar-refractivity contribution in [1.82, 2.24) is 4.90 Å². The minimum atomic E-state index is -3.60. The Hall–Kier alpha value is -1.60. The smallest absolute Gasteiger partial charge is 0.337 e. The zero-order chi connectivity index (χ0) is 17.6. The number of rotatable bonds is 6. The lowest BCUT2D eigenvalue weighted by Gasteiger charge is -2.24. The Bertz CT molecular complexity index is 812. The van der Waals surface area contributed by atoms with Crippen molar-refractivity contribution in [2.24, 2.45) is 5.92 Å². The van der Waals surface area contributed by atoms with E-state index in [1.54, 1.807) is 4.90 Å². The lowest BCUT2D eigenvalue weighted by atomic mass is 10.1. The van der Waals surface area contributed by atoms with E-state index in [4.69, 9.17) is 11.6 Å². The molecule has 1 aromatic rings. The summed E-state index contributed by atoms with van der Waals surface area (Å²) in [4.78, 5) is 25.4. The Morgan fingerprint density at radius 2 is 1.88 bits per heavy atom. The highest BCUT2D eigenvalue weighted by Crippen LogP contribution is 2.38. The van der Waals surface area contributed by atoms with Gasteiger partial charge in [0.15, 0.2) is 9.84 Å². The van der Waals surface area contributed by atoms with E-state index in [0.29, 0.717) is 0 Å². The third-order valence-electron chi connectivity index (χ3n) is 4.36. The first-order chi connectivity index (χ1) is 11.2. The van der Waals surface area contributed by atoms with Crippen molar-refractivity contribution in [2.75, 3.05) is 6.26 Å². The lowest BCUT2D eigenvalue weighted by Crippen LogP contribution is -2.34. The largest absolute Gasteiger partial charge is 0.478 e. The number of halogens is 1.